The third kappa shape index (κ3) is 6.18. The van der Waals surface area contributed by atoms with Crippen LogP contribution in [-0.2, 0) is 28.4 Å². The molecule has 3 aromatic rings. The molecule has 2 heterocycles. The topological polar surface area (TPSA) is 99.6 Å². The quantitative estimate of drug-likeness (QED) is 0.178. The van der Waals surface area contributed by atoms with Crippen molar-refractivity contribution in [1.82, 2.24) is 9.55 Å². The van der Waals surface area contributed by atoms with Crippen LogP contribution in [0.1, 0.15) is 22.4 Å². The molecule has 0 spiro atoms. The Morgan fingerprint density at radius 3 is 2.29 bits per heavy atom. The molecule has 0 atom stereocenters. The predicted molar refractivity (Wildman–Crippen MR) is 112 cm³/mol. The Morgan fingerprint density at radius 2 is 1.69 bits per heavy atom. The number of alkyl halides is 6. The summed E-state index contributed by atoms with van der Waals surface area (Å²) in [5.74, 6) is -1.68. The zero-order chi connectivity index (χ0) is 26.0. The highest BCUT2D eigenvalue weighted by atomic mass is 35.5. The first kappa shape index (κ1) is 25.7. The molecule has 0 amide bonds. The van der Waals surface area contributed by atoms with E-state index in [1.54, 1.807) is 30.3 Å². The molecule has 0 saturated carbocycles. The highest BCUT2D eigenvalue weighted by molar-refractivity contribution is 6.30. The largest absolute Gasteiger partial charge is 0.417 e. The number of halogens is 7. The lowest BCUT2D eigenvalue weighted by molar-refractivity contribution is -0.143. The van der Waals surface area contributed by atoms with E-state index in [0.29, 0.717) is 23.9 Å². The summed E-state index contributed by atoms with van der Waals surface area (Å²) in [5, 5.41) is 2.40. The Kier molecular flexibility index (Phi) is 7.19. The summed E-state index contributed by atoms with van der Waals surface area (Å²) in [7, 11) is 0. The number of carbonyl (C=O) groups is 1. The van der Waals surface area contributed by atoms with Gasteiger partial charge in [-0.15, -0.1) is 0 Å². The molecule has 184 valence electrons. The smallest absolute Gasteiger partial charge is 0.379 e. The van der Waals surface area contributed by atoms with E-state index in [-0.39, 0.29) is 17.2 Å². The fourth-order valence-corrected chi connectivity index (χ4v) is 3.02. The number of nitrogens with two attached hydrogens (primary N) is 1. The van der Waals surface area contributed by atoms with Crippen LogP contribution >= 0.6 is 11.6 Å². The van der Waals surface area contributed by atoms with E-state index in [1.165, 1.54) is 0 Å². The number of carbonyl (C=O) groups excluding carboxylic acids is 1. The number of nitrogens with zero attached hydrogens (tertiary/aromatic N) is 3. The van der Waals surface area contributed by atoms with Gasteiger partial charge in [0.2, 0.25) is 0 Å². The molecule has 7 nitrogen and oxygen atoms in total. The minimum atomic E-state index is -4.99. The lowest BCUT2D eigenvalue weighted by Gasteiger charge is -2.16. The molecule has 14 heteroatoms. The molecule has 35 heavy (non-hydrogen) atoms. The highest BCUT2D eigenvalue weighted by Gasteiger charge is 2.35. The van der Waals surface area contributed by atoms with Crippen LogP contribution in [0.3, 0.4) is 0 Å². The maximum Gasteiger partial charge on any atom is 0.417 e. The monoisotopic (exact) mass is 518 g/mol. The van der Waals surface area contributed by atoms with Gasteiger partial charge in [-0.25, -0.2) is 4.79 Å². The van der Waals surface area contributed by atoms with E-state index < -0.39 is 57.2 Å². The van der Waals surface area contributed by atoms with Crippen LogP contribution in [0.25, 0.3) is 5.69 Å². The molecule has 0 bridgehead atoms. The number of hydrogen-bond acceptors (Lipinski definition) is 5. The first-order valence-corrected chi connectivity index (χ1v) is 9.80. The van der Waals surface area contributed by atoms with Gasteiger partial charge in [-0.1, -0.05) is 47.1 Å². The Morgan fingerprint density at radius 1 is 1.06 bits per heavy atom. The number of oxime groups is 1. The maximum absolute atomic E-state index is 13.3. The number of rotatable bonds is 5. The molecule has 0 aliphatic heterocycles. The van der Waals surface area contributed by atoms with E-state index in [0.717, 1.165) is 0 Å². The summed E-state index contributed by atoms with van der Waals surface area (Å²) in [5.41, 5.74) is 0.679. The molecule has 3 rings (SSSR count). The third-order valence-corrected chi connectivity index (χ3v) is 4.71. The van der Waals surface area contributed by atoms with Crippen molar-refractivity contribution >= 4 is 23.4 Å². The zero-order valence-electron chi connectivity index (χ0n) is 17.2. The Bertz CT molecular complexity index is 1340. The Hall–Kier alpha value is -3.87. The standard InChI is InChI=1S/C21H13ClF6N4O3/c22-14-7-13(21(26,27)28)10-32(19(14)34)15-8-12(20(23,24)25)9-30-17(15)18(29)31-35-16(33)6-11-4-2-1-3-5-11/h1-5,7-10H,6H2,(H2,29,31). The lowest BCUT2D eigenvalue weighted by Crippen LogP contribution is -2.27. The number of aromatic nitrogens is 2. The molecule has 2 aromatic heterocycles. The number of pyridine rings is 2. The molecule has 0 unspecified atom stereocenters. The first-order valence-electron chi connectivity index (χ1n) is 9.42. The van der Waals surface area contributed by atoms with Crippen LogP contribution in [0, 0.1) is 0 Å². The molecular weight excluding hydrogens is 506 g/mol. The van der Waals surface area contributed by atoms with E-state index in [1.807, 2.05) is 0 Å². The van der Waals surface area contributed by atoms with Crippen molar-refractivity contribution in [2.24, 2.45) is 10.9 Å². The van der Waals surface area contributed by atoms with Gasteiger partial charge in [-0.2, -0.15) is 26.3 Å². The van der Waals surface area contributed by atoms with E-state index >= 15 is 0 Å². The van der Waals surface area contributed by atoms with Crippen LogP contribution in [0.15, 0.2) is 64.8 Å². The lowest BCUT2D eigenvalue weighted by atomic mass is 10.1. The van der Waals surface area contributed by atoms with Crippen molar-refractivity contribution in [3.05, 3.63) is 92.6 Å². The molecule has 0 aliphatic rings. The van der Waals surface area contributed by atoms with Gasteiger partial charge in [-0.05, 0) is 17.7 Å². The molecule has 2 N–H and O–H groups in total. The second-order valence-electron chi connectivity index (χ2n) is 6.94. The SMILES string of the molecule is N/C(=N\OC(=O)Cc1ccccc1)c1ncc(C(F)(F)F)cc1-n1cc(C(F)(F)F)cc(Cl)c1=O. The first-order chi connectivity index (χ1) is 16.3. The second-order valence-corrected chi connectivity index (χ2v) is 7.35. The maximum atomic E-state index is 13.3. The van der Waals surface area contributed by atoms with Gasteiger partial charge >= 0.3 is 18.3 Å². The summed E-state index contributed by atoms with van der Waals surface area (Å²) in [6.07, 6.45) is -9.62. The molecular formula is C21H13ClF6N4O3. The van der Waals surface area contributed by atoms with Gasteiger partial charge in [0.15, 0.2) is 5.84 Å². The normalized spacial score (nSPS) is 12.5. The average Bonchev–Trinajstić information content (AvgIpc) is 2.78. The van der Waals surface area contributed by atoms with Crippen molar-refractivity contribution in [1.29, 1.82) is 0 Å². The number of amidine groups is 1. The van der Waals surface area contributed by atoms with Crippen molar-refractivity contribution in [2.45, 2.75) is 18.8 Å². The van der Waals surface area contributed by atoms with Crippen molar-refractivity contribution in [3.63, 3.8) is 0 Å². The highest BCUT2D eigenvalue weighted by Crippen LogP contribution is 2.33. The fourth-order valence-electron chi connectivity index (χ4n) is 2.81. The number of hydrogen-bond donors (Lipinski definition) is 1. The van der Waals surface area contributed by atoms with Crippen LogP contribution in [-0.4, -0.2) is 21.4 Å². The van der Waals surface area contributed by atoms with Crippen LogP contribution in [0.5, 0.6) is 0 Å². The molecule has 0 fully saturated rings. The van der Waals surface area contributed by atoms with E-state index in [4.69, 9.17) is 17.3 Å². The average molecular weight is 519 g/mol. The van der Waals surface area contributed by atoms with Crippen molar-refractivity contribution in [2.75, 3.05) is 0 Å². The van der Waals surface area contributed by atoms with Gasteiger partial charge in [0.05, 0.1) is 23.2 Å². The fraction of sp³-hybridized carbons (Fsp3) is 0.143. The van der Waals surface area contributed by atoms with Crippen LogP contribution in [0.4, 0.5) is 26.3 Å². The second kappa shape index (κ2) is 9.78. The summed E-state index contributed by atoms with van der Waals surface area (Å²) >= 11 is 5.61. The molecule has 0 radical (unpaired) electrons. The number of benzene rings is 1. The van der Waals surface area contributed by atoms with Gasteiger partial charge in [-0.3, -0.25) is 14.3 Å². The minimum absolute atomic E-state index is 0.205. The molecule has 1 aromatic carbocycles. The van der Waals surface area contributed by atoms with Gasteiger partial charge in [0, 0.05) is 12.4 Å². The predicted octanol–water partition coefficient (Wildman–Crippen LogP) is 4.33. The van der Waals surface area contributed by atoms with E-state index in [9.17, 15) is 35.9 Å². The van der Waals surface area contributed by atoms with Crippen molar-refractivity contribution < 1.29 is 36.0 Å². The van der Waals surface area contributed by atoms with Gasteiger partial charge < -0.3 is 10.6 Å². The summed E-state index contributed by atoms with van der Waals surface area (Å²) in [6.45, 7) is 0. The van der Waals surface area contributed by atoms with Crippen molar-refractivity contribution in [3.8, 4) is 5.69 Å². The van der Waals surface area contributed by atoms with E-state index in [2.05, 4.69) is 15.0 Å². The van der Waals surface area contributed by atoms with Crippen LogP contribution < -0.4 is 11.3 Å². The Labute approximate surface area is 197 Å². The third-order valence-electron chi connectivity index (χ3n) is 4.44. The zero-order valence-corrected chi connectivity index (χ0v) is 17.9. The van der Waals surface area contributed by atoms with Gasteiger partial charge in [0.25, 0.3) is 5.56 Å². The summed E-state index contributed by atoms with van der Waals surface area (Å²) < 4.78 is 79.7. The molecule has 0 aliphatic carbocycles. The Balaban J connectivity index is 2.08. The summed E-state index contributed by atoms with van der Waals surface area (Å²) in [6, 6.07) is 8.94. The van der Waals surface area contributed by atoms with Crippen LogP contribution in [0.2, 0.25) is 5.02 Å². The summed E-state index contributed by atoms with van der Waals surface area (Å²) in [4.78, 5) is 32.6. The molecule has 0 saturated heterocycles. The van der Waals surface area contributed by atoms with Gasteiger partial charge in [0.1, 0.15) is 10.7 Å². The minimum Gasteiger partial charge on any atom is -0.379 e.